The third-order valence-corrected chi connectivity index (χ3v) is 6.78. The van der Waals surface area contributed by atoms with Gasteiger partial charge in [0.2, 0.25) is 5.91 Å². The fourth-order valence-electron chi connectivity index (χ4n) is 3.00. The molecule has 2 aromatic heterocycles. The third kappa shape index (κ3) is 8.38. The number of methoxy groups -OCH3 is 2. The number of carbonyl (C=O) groups is 1. The summed E-state index contributed by atoms with van der Waals surface area (Å²) in [7, 11) is 3.12. The van der Waals surface area contributed by atoms with Gasteiger partial charge in [-0.2, -0.15) is 0 Å². The van der Waals surface area contributed by atoms with Gasteiger partial charge in [0.25, 0.3) is 0 Å². The van der Waals surface area contributed by atoms with E-state index in [4.69, 9.17) is 25.2 Å². The SMILES string of the molecule is CO/C(=C\C(N)=O)[C@H](C)[C@@H](/C=C/c1csc(-c2csc(C(C)/C=C/C=C/C(C)C)n2)n1)OC. The zero-order chi connectivity index (χ0) is 24.4. The molecule has 2 rings (SSSR count). The number of ether oxygens (including phenoxy) is 2. The van der Waals surface area contributed by atoms with Crippen molar-refractivity contribution in [1.29, 1.82) is 0 Å². The molecule has 0 aliphatic heterocycles. The van der Waals surface area contributed by atoms with E-state index in [2.05, 4.69) is 50.5 Å². The first-order valence-electron chi connectivity index (χ1n) is 10.8. The molecule has 33 heavy (non-hydrogen) atoms. The van der Waals surface area contributed by atoms with E-state index in [-0.39, 0.29) is 17.9 Å². The van der Waals surface area contributed by atoms with E-state index in [1.54, 1.807) is 29.8 Å². The smallest absolute Gasteiger partial charge is 0.244 e. The Bertz CT molecular complexity index is 1020. The number of thiazole rings is 2. The highest BCUT2D eigenvalue weighted by atomic mass is 32.1. The minimum atomic E-state index is -0.555. The van der Waals surface area contributed by atoms with Crippen LogP contribution < -0.4 is 5.73 Å². The van der Waals surface area contributed by atoms with Crippen LogP contribution in [0.4, 0.5) is 0 Å². The third-order valence-electron chi connectivity index (χ3n) is 4.85. The van der Waals surface area contributed by atoms with Crippen molar-refractivity contribution in [3.63, 3.8) is 0 Å². The maximum Gasteiger partial charge on any atom is 0.244 e. The number of rotatable bonds is 12. The van der Waals surface area contributed by atoms with E-state index in [1.165, 1.54) is 13.2 Å². The highest BCUT2D eigenvalue weighted by Gasteiger charge is 2.20. The number of aromatic nitrogens is 2. The summed E-state index contributed by atoms with van der Waals surface area (Å²) >= 11 is 3.20. The van der Waals surface area contributed by atoms with Crippen LogP contribution in [0.15, 0.2) is 53.0 Å². The molecule has 178 valence electrons. The zero-order valence-electron chi connectivity index (χ0n) is 20.0. The average molecular weight is 488 g/mol. The largest absolute Gasteiger partial charge is 0.501 e. The van der Waals surface area contributed by atoms with Gasteiger partial charge in [0.05, 0.1) is 23.9 Å². The van der Waals surface area contributed by atoms with Crippen molar-refractivity contribution in [3.8, 4) is 10.7 Å². The van der Waals surface area contributed by atoms with Crippen molar-refractivity contribution < 1.29 is 14.3 Å². The molecule has 2 N–H and O–H groups in total. The van der Waals surface area contributed by atoms with Crippen LogP contribution in [0, 0.1) is 11.8 Å². The number of allylic oxidation sites excluding steroid dienone is 4. The van der Waals surface area contributed by atoms with Gasteiger partial charge in [-0.3, -0.25) is 4.79 Å². The number of nitrogens with two attached hydrogens (primary N) is 1. The normalized spacial score (nSPS) is 15.7. The minimum Gasteiger partial charge on any atom is -0.501 e. The average Bonchev–Trinajstić information content (AvgIpc) is 3.44. The molecule has 0 fully saturated rings. The standard InChI is InChI=1S/C25H33N3O3S2/c1-16(2)9-7-8-10-17(3)24-28-20(15-33-24)25-27-19(14-32-25)11-12-21(30-5)18(4)22(31-6)13-23(26)29/h7-18,21H,1-6H3,(H2,26,29)/b9-7+,10-8+,12-11+,22-13-/t17?,18-,21-/m1/s1. The van der Waals surface area contributed by atoms with Crippen LogP contribution >= 0.6 is 22.7 Å². The van der Waals surface area contributed by atoms with Crippen molar-refractivity contribution in [2.75, 3.05) is 14.2 Å². The first-order valence-corrected chi connectivity index (χ1v) is 12.5. The fraction of sp³-hybridized carbons (Fsp3) is 0.400. The molecular weight excluding hydrogens is 454 g/mol. The Labute approximate surface area is 204 Å². The predicted octanol–water partition coefficient (Wildman–Crippen LogP) is 5.82. The van der Waals surface area contributed by atoms with E-state index in [1.807, 2.05) is 24.5 Å². The topological polar surface area (TPSA) is 87.3 Å². The number of hydrogen-bond donors (Lipinski definition) is 1. The second kappa shape index (κ2) is 13.2. The molecule has 1 unspecified atom stereocenters. The molecule has 0 radical (unpaired) electrons. The molecule has 0 saturated heterocycles. The zero-order valence-corrected chi connectivity index (χ0v) is 21.7. The van der Waals surface area contributed by atoms with Gasteiger partial charge in [-0.15, -0.1) is 22.7 Å². The van der Waals surface area contributed by atoms with Gasteiger partial charge in [0, 0.05) is 35.8 Å². The van der Waals surface area contributed by atoms with Crippen molar-refractivity contribution in [2.45, 2.75) is 39.7 Å². The second-order valence-electron chi connectivity index (χ2n) is 7.95. The molecule has 0 aliphatic rings. The van der Waals surface area contributed by atoms with Crippen molar-refractivity contribution in [3.05, 3.63) is 63.7 Å². The fourth-order valence-corrected chi connectivity index (χ4v) is 4.66. The number of primary amides is 1. The lowest BCUT2D eigenvalue weighted by Crippen LogP contribution is -2.22. The van der Waals surface area contributed by atoms with Gasteiger partial charge in [-0.1, -0.05) is 58.1 Å². The molecular formula is C25H33N3O3S2. The van der Waals surface area contributed by atoms with Crippen LogP contribution in [-0.2, 0) is 14.3 Å². The van der Waals surface area contributed by atoms with Crippen molar-refractivity contribution >= 4 is 34.7 Å². The summed E-state index contributed by atoms with van der Waals surface area (Å²) in [6.45, 7) is 8.37. The Morgan fingerprint density at radius 3 is 2.39 bits per heavy atom. The summed E-state index contributed by atoms with van der Waals surface area (Å²) in [5.74, 6) is 0.512. The second-order valence-corrected chi connectivity index (χ2v) is 9.70. The van der Waals surface area contributed by atoms with Gasteiger partial charge in [-0.25, -0.2) is 9.97 Å². The van der Waals surface area contributed by atoms with Crippen LogP contribution in [0.1, 0.15) is 44.3 Å². The monoisotopic (exact) mass is 487 g/mol. The number of nitrogens with zero attached hydrogens (tertiary/aromatic N) is 2. The molecule has 0 spiro atoms. The molecule has 3 atom stereocenters. The van der Waals surface area contributed by atoms with Gasteiger partial charge >= 0.3 is 0 Å². The molecule has 0 aromatic carbocycles. The number of hydrogen-bond acceptors (Lipinski definition) is 7. The molecule has 0 saturated carbocycles. The van der Waals surface area contributed by atoms with Gasteiger partial charge < -0.3 is 15.2 Å². The van der Waals surface area contributed by atoms with E-state index in [0.29, 0.717) is 11.7 Å². The summed E-state index contributed by atoms with van der Waals surface area (Å²) in [6, 6.07) is 0. The summed E-state index contributed by atoms with van der Waals surface area (Å²) in [4.78, 5) is 20.7. The van der Waals surface area contributed by atoms with Crippen LogP contribution in [-0.4, -0.2) is 36.2 Å². The van der Waals surface area contributed by atoms with E-state index in [9.17, 15) is 4.79 Å². The maximum atomic E-state index is 11.2. The van der Waals surface area contributed by atoms with Crippen molar-refractivity contribution in [2.24, 2.45) is 17.6 Å². The summed E-state index contributed by atoms with van der Waals surface area (Å²) in [5.41, 5.74) is 6.97. The highest BCUT2D eigenvalue weighted by Crippen LogP contribution is 2.29. The summed E-state index contributed by atoms with van der Waals surface area (Å²) in [6.07, 6.45) is 13.3. The summed E-state index contributed by atoms with van der Waals surface area (Å²) in [5, 5.41) is 5.98. The first kappa shape index (κ1) is 26.7. The lowest BCUT2D eigenvalue weighted by Gasteiger charge is -2.21. The molecule has 8 heteroatoms. The molecule has 0 bridgehead atoms. The lowest BCUT2D eigenvalue weighted by atomic mass is 10.0. The van der Waals surface area contributed by atoms with Gasteiger partial charge in [0.15, 0.2) is 0 Å². The molecule has 2 heterocycles. The van der Waals surface area contributed by atoms with Crippen molar-refractivity contribution in [1.82, 2.24) is 9.97 Å². The molecule has 6 nitrogen and oxygen atoms in total. The quantitative estimate of drug-likeness (QED) is 0.232. The Balaban J connectivity index is 2.09. The Hall–Kier alpha value is -2.55. The summed E-state index contributed by atoms with van der Waals surface area (Å²) < 4.78 is 10.9. The minimum absolute atomic E-state index is 0.187. The molecule has 1 amide bonds. The molecule has 0 aliphatic carbocycles. The number of amides is 1. The van der Waals surface area contributed by atoms with Crippen LogP contribution in [0.5, 0.6) is 0 Å². The Kier molecular flexibility index (Phi) is 10.7. The predicted molar refractivity (Wildman–Crippen MR) is 138 cm³/mol. The van der Waals surface area contributed by atoms with Crippen LogP contribution in [0.3, 0.4) is 0 Å². The highest BCUT2D eigenvalue weighted by molar-refractivity contribution is 7.14. The Morgan fingerprint density at radius 1 is 1.03 bits per heavy atom. The van der Waals surface area contributed by atoms with Crippen LogP contribution in [0.25, 0.3) is 16.8 Å². The maximum absolute atomic E-state index is 11.2. The number of carbonyl (C=O) groups excluding carboxylic acids is 1. The van der Waals surface area contributed by atoms with E-state index in [0.717, 1.165) is 21.4 Å². The molecule has 2 aromatic rings. The van der Waals surface area contributed by atoms with Gasteiger partial charge in [-0.05, 0) is 12.0 Å². The first-order chi connectivity index (χ1) is 15.7. The Morgan fingerprint density at radius 2 is 1.76 bits per heavy atom. The van der Waals surface area contributed by atoms with E-state index >= 15 is 0 Å². The lowest BCUT2D eigenvalue weighted by molar-refractivity contribution is -0.113. The van der Waals surface area contributed by atoms with Crippen LogP contribution in [0.2, 0.25) is 0 Å². The van der Waals surface area contributed by atoms with E-state index < -0.39 is 5.91 Å². The van der Waals surface area contributed by atoms with Gasteiger partial charge in [0.1, 0.15) is 16.5 Å².